The number of methoxy groups -OCH3 is 4. The zero-order valence-electron chi connectivity index (χ0n) is 13.8. The van der Waals surface area contributed by atoms with E-state index in [0.29, 0.717) is 38.7 Å². The topological polar surface area (TPSA) is 66.0 Å². The summed E-state index contributed by atoms with van der Waals surface area (Å²) >= 11 is 3.37. The minimum absolute atomic E-state index is 0.335. The molecule has 0 aliphatic carbocycles. The van der Waals surface area contributed by atoms with Crippen LogP contribution >= 0.6 is 15.9 Å². The van der Waals surface area contributed by atoms with Crippen LogP contribution < -0.4 is 24.3 Å². The van der Waals surface area contributed by atoms with Crippen LogP contribution in [0.15, 0.2) is 34.8 Å². The third kappa shape index (κ3) is 3.73. The van der Waals surface area contributed by atoms with Gasteiger partial charge in [-0.1, -0.05) is 0 Å². The molecule has 0 saturated heterocycles. The molecule has 2 aromatic rings. The fourth-order valence-corrected chi connectivity index (χ4v) is 2.78. The van der Waals surface area contributed by atoms with E-state index < -0.39 is 0 Å². The van der Waals surface area contributed by atoms with Crippen LogP contribution in [0.5, 0.6) is 23.0 Å². The molecule has 0 aliphatic heterocycles. The smallest absolute Gasteiger partial charge is 0.259 e. The van der Waals surface area contributed by atoms with E-state index in [9.17, 15) is 4.79 Å². The Balaban J connectivity index is 2.35. The summed E-state index contributed by atoms with van der Waals surface area (Å²) in [5, 5.41) is 2.81. The normalized spacial score (nSPS) is 10.0. The van der Waals surface area contributed by atoms with Crippen molar-refractivity contribution in [2.24, 2.45) is 0 Å². The zero-order chi connectivity index (χ0) is 17.7. The maximum Gasteiger partial charge on any atom is 0.259 e. The van der Waals surface area contributed by atoms with Crippen LogP contribution in [-0.2, 0) is 0 Å². The third-order valence-corrected chi connectivity index (χ3v) is 3.93. The van der Waals surface area contributed by atoms with Gasteiger partial charge in [-0.2, -0.15) is 0 Å². The Morgan fingerprint density at radius 1 is 0.917 bits per heavy atom. The van der Waals surface area contributed by atoms with Gasteiger partial charge in [0, 0.05) is 11.8 Å². The molecular weight excluding hydrogens is 378 g/mol. The quantitative estimate of drug-likeness (QED) is 0.806. The van der Waals surface area contributed by atoms with Crippen LogP contribution in [0, 0.1) is 0 Å². The van der Waals surface area contributed by atoms with Crippen molar-refractivity contribution in [2.75, 3.05) is 33.8 Å². The maximum absolute atomic E-state index is 12.6. The molecule has 128 valence electrons. The molecule has 1 N–H and O–H groups in total. The van der Waals surface area contributed by atoms with E-state index in [-0.39, 0.29) is 5.91 Å². The molecular formula is C17H18BrNO5. The molecule has 0 spiro atoms. The second kappa shape index (κ2) is 7.92. The molecule has 6 nitrogen and oxygen atoms in total. The molecule has 1 amide bonds. The first-order chi connectivity index (χ1) is 11.5. The van der Waals surface area contributed by atoms with E-state index in [4.69, 9.17) is 18.9 Å². The zero-order valence-corrected chi connectivity index (χ0v) is 15.4. The van der Waals surface area contributed by atoms with Crippen molar-refractivity contribution in [1.29, 1.82) is 0 Å². The molecule has 2 rings (SSSR count). The number of ether oxygens (including phenoxy) is 4. The van der Waals surface area contributed by atoms with Gasteiger partial charge >= 0.3 is 0 Å². The van der Waals surface area contributed by atoms with Crippen LogP contribution in [-0.4, -0.2) is 34.3 Å². The van der Waals surface area contributed by atoms with Gasteiger partial charge < -0.3 is 24.3 Å². The highest BCUT2D eigenvalue weighted by Gasteiger charge is 2.18. The number of amides is 1. The standard InChI is InChI=1S/C17H18BrNO5/c1-21-11-8-12(16(24-4)13(18)9-11)17(20)19-10-5-6-14(22-2)15(7-10)23-3/h5-9H,1-4H3,(H,19,20). The highest BCUT2D eigenvalue weighted by Crippen LogP contribution is 2.35. The lowest BCUT2D eigenvalue weighted by Gasteiger charge is -2.14. The number of benzene rings is 2. The Bertz CT molecular complexity index is 748. The summed E-state index contributed by atoms with van der Waals surface area (Å²) in [5.74, 6) is 1.74. The summed E-state index contributed by atoms with van der Waals surface area (Å²) < 4.78 is 21.6. The highest BCUT2D eigenvalue weighted by atomic mass is 79.9. The van der Waals surface area contributed by atoms with Crippen LogP contribution in [0.4, 0.5) is 5.69 Å². The lowest BCUT2D eigenvalue weighted by atomic mass is 10.1. The average molecular weight is 396 g/mol. The van der Waals surface area contributed by atoms with Gasteiger partial charge in [0.2, 0.25) is 0 Å². The predicted octanol–water partition coefficient (Wildman–Crippen LogP) is 3.74. The molecule has 0 bridgehead atoms. The number of carbonyl (C=O) groups excluding carboxylic acids is 1. The lowest BCUT2D eigenvalue weighted by Crippen LogP contribution is -2.14. The number of hydrogen-bond donors (Lipinski definition) is 1. The Morgan fingerprint density at radius 3 is 2.21 bits per heavy atom. The van der Waals surface area contributed by atoms with Crippen molar-refractivity contribution < 1.29 is 23.7 Å². The highest BCUT2D eigenvalue weighted by molar-refractivity contribution is 9.10. The number of carbonyl (C=O) groups is 1. The largest absolute Gasteiger partial charge is 0.497 e. The first kappa shape index (κ1) is 17.9. The number of hydrogen-bond acceptors (Lipinski definition) is 5. The van der Waals surface area contributed by atoms with Crippen LogP contribution in [0.25, 0.3) is 0 Å². The summed E-state index contributed by atoms with van der Waals surface area (Å²) in [6, 6.07) is 8.46. The predicted molar refractivity (Wildman–Crippen MR) is 94.7 cm³/mol. The SMILES string of the molecule is COc1cc(Br)c(OC)c(C(=O)Nc2ccc(OC)c(OC)c2)c1. The van der Waals surface area contributed by atoms with Gasteiger partial charge in [0.1, 0.15) is 11.5 Å². The first-order valence-electron chi connectivity index (χ1n) is 6.99. The van der Waals surface area contributed by atoms with E-state index in [1.807, 2.05) is 0 Å². The molecule has 0 aromatic heterocycles. The molecule has 0 fully saturated rings. The molecule has 0 unspecified atom stereocenters. The third-order valence-electron chi connectivity index (χ3n) is 3.34. The summed E-state index contributed by atoms with van der Waals surface area (Å²) in [7, 11) is 6.12. The fraction of sp³-hybridized carbons (Fsp3) is 0.235. The van der Waals surface area contributed by atoms with Crippen LogP contribution in [0.2, 0.25) is 0 Å². The Morgan fingerprint density at radius 2 is 1.62 bits per heavy atom. The fourth-order valence-electron chi connectivity index (χ4n) is 2.17. The van der Waals surface area contributed by atoms with Gasteiger partial charge in [-0.3, -0.25) is 4.79 Å². The second-order valence-corrected chi connectivity index (χ2v) is 5.57. The number of halogens is 1. The van der Waals surface area contributed by atoms with Crippen molar-refractivity contribution in [3.8, 4) is 23.0 Å². The molecule has 24 heavy (non-hydrogen) atoms. The summed E-state index contributed by atoms with van der Waals surface area (Å²) in [6.45, 7) is 0. The van der Waals surface area contributed by atoms with Crippen molar-refractivity contribution >= 4 is 27.5 Å². The Hall–Kier alpha value is -2.41. The van der Waals surface area contributed by atoms with Crippen LogP contribution in [0.1, 0.15) is 10.4 Å². The van der Waals surface area contributed by atoms with E-state index in [1.165, 1.54) is 21.3 Å². The number of rotatable bonds is 6. The van der Waals surface area contributed by atoms with E-state index >= 15 is 0 Å². The average Bonchev–Trinajstić information content (AvgIpc) is 2.60. The number of anilines is 1. The minimum atomic E-state index is -0.335. The van der Waals surface area contributed by atoms with Crippen LogP contribution in [0.3, 0.4) is 0 Å². The second-order valence-electron chi connectivity index (χ2n) is 4.71. The maximum atomic E-state index is 12.6. The van der Waals surface area contributed by atoms with E-state index in [2.05, 4.69) is 21.2 Å². The minimum Gasteiger partial charge on any atom is -0.497 e. The van der Waals surface area contributed by atoms with Crippen molar-refractivity contribution in [1.82, 2.24) is 0 Å². The molecule has 0 radical (unpaired) electrons. The summed E-state index contributed by atoms with van der Waals surface area (Å²) in [4.78, 5) is 12.6. The Kier molecular flexibility index (Phi) is 5.92. The lowest BCUT2D eigenvalue weighted by molar-refractivity contribution is 0.102. The van der Waals surface area contributed by atoms with Gasteiger partial charge in [-0.25, -0.2) is 0 Å². The first-order valence-corrected chi connectivity index (χ1v) is 7.78. The monoisotopic (exact) mass is 395 g/mol. The van der Waals surface area contributed by atoms with Gasteiger partial charge in [-0.15, -0.1) is 0 Å². The Labute approximate surface area is 148 Å². The molecule has 0 saturated carbocycles. The molecule has 7 heteroatoms. The molecule has 0 heterocycles. The van der Waals surface area contributed by atoms with Gasteiger partial charge in [-0.05, 0) is 40.2 Å². The molecule has 0 atom stereocenters. The van der Waals surface area contributed by atoms with E-state index in [0.717, 1.165) is 0 Å². The van der Waals surface area contributed by atoms with E-state index in [1.54, 1.807) is 37.4 Å². The molecule has 0 aliphatic rings. The van der Waals surface area contributed by atoms with Gasteiger partial charge in [0.05, 0.1) is 38.5 Å². The van der Waals surface area contributed by atoms with Crippen molar-refractivity contribution in [3.63, 3.8) is 0 Å². The van der Waals surface area contributed by atoms with Crippen molar-refractivity contribution in [2.45, 2.75) is 0 Å². The van der Waals surface area contributed by atoms with Gasteiger partial charge in [0.15, 0.2) is 11.5 Å². The van der Waals surface area contributed by atoms with Gasteiger partial charge in [0.25, 0.3) is 5.91 Å². The number of nitrogens with one attached hydrogen (secondary N) is 1. The summed E-state index contributed by atoms with van der Waals surface area (Å²) in [6.07, 6.45) is 0. The van der Waals surface area contributed by atoms with Crippen molar-refractivity contribution in [3.05, 3.63) is 40.4 Å². The summed E-state index contributed by atoms with van der Waals surface area (Å²) in [5.41, 5.74) is 0.914. The molecule has 2 aromatic carbocycles.